The van der Waals surface area contributed by atoms with Crippen molar-refractivity contribution in [2.24, 2.45) is 4.99 Å². The number of nitrogens with zero attached hydrogens (tertiary/aromatic N) is 1. The SMILES string of the molecule is CCNC(=NCc1ccccc1)NCCNC(=O)c1ccc(C)c(F)c1.I. The summed E-state index contributed by atoms with van der Waals surface area (Å²) < 4.78 is 13.5. The third-order valence-electron chi connectivity index (χ3n) is 3.74. The minimum Gasteiger partial charge on any atom is -0.357 e. The molecule has 7 heteroatoms. The average Bonchev–Trinajstić information content (AvgIpc) is 2.66. The first-order valence-electron chi connectivity index (χ1n) is 8.70. The molecule has 2 aromatic rings. The second kappa shape index (κ2) is 12.3. The number of halogens is 2. The number of hydrogen-bond donors (Lipinski definition) is 3. The Balaban J connectivity index is 0.00000364. The van der Waals surface area contributed by atoms with Crippen LogP contribution < -0.4 is 16.0 Å². The maximum absolute atomic E-state index is 13.5. The molecule has 0 saturated carbocycles. The Morgan fingerprint density at radius 1 is 1.04 bits per heavy atom. The highest BCUT2D eigenvalue weighted by atomic mass is 127. The maximum Gasteiger partial charge on any atom is 0.251 e. The summed E-state index contributed by atoms with van der Waals surface area (Å²) in [6, 6.07) is 14.4. The Labute approximate surface area is 176 Å². The fourth-order valence-corrected chi connectivity index (χ4v) is 2.29. The second-order valence-electron chi connectivity index (χ2n) is 5.83. The van der Waals surface area contributed by atoms with Crippen LogP contribution in [0.3, 0.4) is 0 Å². The lowest BCUT2D eigenvalue weighted by molar-refractivity contribution is 0.0954. The number of carbonyl (C=O) groups is 1. The van der Waals surface area contributed by atoms with Gasteiger partial charge in [-0.15, -0.1) is 24.0 Å². The van der Waals surface area contributed by atoms with E-state index in [0.29, 0.717) is 36.7 Å². The highest BCUT2D eigenvalue weighted by Crippen LogP contribution is 2.08. The lowest BCUT2D eigenvalue weighted by atomic mass is 10.1. The third-order valence-corrected chi connectivity index (χ3v) is 3.74. The van der Waals surface area contributed by atoms with Crippen LogP contribution in [0.15, 0.2) is 53.5 Å². The summed E-state index contributed by atoms with van der Waals surface area (Å²) in [6.07, 6.45) is 0. The van der Waals surface area contributed by atoms with Crippen molar-refractivity contribution in [3.63, 3.8) is 0 Å². The van der Waals surface area contributed by atoms with Crippen LogP contribution in [0.25, 0.3) is 0 Å². The first kappa shape index (κ1) is 22.9. The lowest BCUT2D eigenvalue weighted by Crippen LogP contribution is -2.41. The molecule has 0 saturated heterocycles. The van der Waals surface area contributed by atoms with E-state index in [-0.39, 0.29) is 35.7 Å². The molecule has 5 nitrogen and oxygen atoms in total. The molecular formula is C20H26FIN4O. The van der Waals surface area contributed by atoms with Gasteiger partial charge in [0.1, 0.15) is 5.82 Å². The number of aliphatic imine (C=N–C) groups is 1. The summed E-state index contributed by atoms with van der Waals surface area (Å²) in [5, 5.41) is 9.10. The predicted octanol–water partition coefficient (Wildman–Crippen LogP) is 3.24. The summed E-state index contributed by atoms with van der Waals surface area (Å²) in [6.45, 7) is 5.90. The molecule has 0 heterocycles. The average molecular weight is 484 g/mol. The highest BCUT2D eigenvalue weighted by Gasteiger charge is 2.07. The summed E-state index contributed by atoms with van der Waals surface area (Å²) >= 11 is 0. The van der Waals surface area contributed by atoms with Crippen LogP contribution in [0.2, 0.25) is 0 Å². The number of aryl methyl sites for hydroxylation is 1. The predicted molar refractivity (Wildman–Crippen MR) is 118 cm³/mol. The van der Waals surface area contributed by atoms with E-state index >= 15 is 0 Å². The van der Waals surface area contributed by atoms with Crippen LogP contribution in [0.1, 0.15) is 28.4 Å². The van der Waals surface area contributed by atoms with Gasteiger partial charge < -0.3 is 16.0 Å². The van der Waals surface area contributed by atoms with Crippen LogP contribution >= 0.6 is 24.0 Å². The van der Waals surface area contributed by atoms with Crippen LogP contribution in [-0.2, 0) is 6.54 Å². The molecule has 146 valence electrons. The molecule has 2 rings (SSSR count). The zero-order valence-electron chi connectivity index (χ0n) is 15.6. The molecule has 0 atom stereocenters. The van der Waals surface area contributed by atoms with E-state index in [0.717, 1.165) is 12.1 Å². The summed E-state index contributed by atoms with van der Waals surface area (Å²) in [4.78, 5) is 16.5. The van der Waals surface area contributed by atoms with Gasteiger partial charge in [0.15, 0.2) is 5.96 Å². The lowest BCUT2D eigenvalue weighted by Gasteiger charge is -2.12. The fourth-order valence-electron chi connectivity index (χ4n) is 2.29. The van der Waals surface area contributed by atoms with E-state index in [9.17, 15) is 9.18 Å². The summed E-state index contributed by atoms with van der Waals surface area (Å²) in [5.74, 6) is 0.0159. The Morgan fingerprint density at radius 2 is 1.74 bits per heavy atom. The summed E-state index contributed by atoms with van der Waals surface area (Å²) in [7, 11) is 0. The van der Waals surface area contributed by atoms with Gasteiger partial charge in [0.25, 0.3) is 5.91 Å². The van der Waals surface area contributed by atoms with Gasteiger partial charge in [-0.25, -0.2) is 9.38 Å². The largest absolute Gasteiger partial charge is 0.357 e. The Hall–Kier alpha value is -2.16. The van der Waals surface area contributed by atoms with Crippen molar-refractivity contribution in [1.82, 2.24) is 16.0 Å². The molecule has 0 fully saturated rings. The number of nitrogens with one attached hydrogen (secondary N) is 3. The molecule has 0 spiro atoms. The monoisotopic (exact) mass is 484 g/mol. The minimum absolute atomic E-state index is 0. The highest BCUT2D eigenvalue weighted by molar-refractivity contribution is 14.0. The topological polar surface area (TPSA) is 65.5 Å². The zero-order chi connectivity index (χ0) is 18.8. The van der Waals surface area contributed by atoms with Crippen LogP contribution in [0.4, 0.5) is 4.39 Å². The van der Waals surface area contributed by atoms with Gasteiger partial charge in [0.2, 0.25) is 0 Å². The molecule has 0 radical (unpaired) electrons. The van der Waals surface area contributed by atoms with Crippen molar-refractivity contribution in [2.45, 2.75) is 20.4 Å². The number of benzene rings is 2. The number of amides is 1. The Morgan fingerprint density at radius 3 is 2.41 bits per heavy atom. The second-order valence-corrected chi connectivity index (χ2v) is 5.83. The van der Waals surface area contributed by atoms with E-state index in [2.05, 4.69) is 20.9 Å². The molecule has 0 unspecified atom stereocenters. The molecule has 0 aromatic heterocycles. The van der Waals surface area contributed by atoms with Gasteiger partial charge >= 0.3 is 0 Å². The third kappa shape index (κ3) is 7.94. The number of rotatable bonds is 7. The van der Waals surface area contributed by atoms with Gasteiger partial charge in [0.05, 0.1) is 6.54 Å². The van der Waals surface area contributed by atoms with E-state index < -0.39 is 0 Å². The van der Waals surface area contributed by atoms with E-state index in [1.165, 1.54) is 6.07 Å². The standard InChI is InChI=1S/C20H25FN4O.HI/c1-3-22-20(25-14-16-7-5-4-6-8-16)24-12-11-23-19(26)17-10-9-15(2)18(21)13-17;/h4-10,13H,3,11-12,14H2,1-2H3,(H,23,26)(H2,22,24,25);1H. The van der Waals surface area contributed by atoms with Crippen molar-refractivity contribution in [3.8, 4) is 0 Å². The molecule has 2 aromatic carbocycles. The summed E-state index contributed by atoms with van der Waals surface area (Å²) in [5.41, 5.74) is 1.96. The molecular weight excluding hydrogens is 458 g/mol. The number of carbonyl (C=O) groups excluding carboxylic acids is 1. The quantitative estimate of drug-likeness (QED) is 0.245. The van der Waals surface area contributed by atoms with Crippen LogP contribution in [0.5, 0.6) is 0 Å². The van der Waals surface area contributed by atoms with E-state index in [1.807, 2.05) is 37.3 Å². The van der Waals surface area contributed by atoms with E-state index in [1.54, 1.807) is 19.1 Å². The number of hydrogen-bond acceptors (Lipinski definition) is 2. The maximum atomic E-state index is 13.5. The smallest absolute Gasteiger partial charge is 0.251 e. The van der Waals surface area contributed by atoms with Crippen molar-refractivity contribution >= 4 is 35.8 Å². The molecule has 3 N–H and O–H groups in total. The molecule has 0 aliphatic rings. The molecule has 0 bridgehead atoms. The van der Waals surface area contributed by atoms with Crippen molar-refractivity contribution in [1.29, 1.82) is 0 Å². The van der Waals surface area contributed by atoms with Crippen LogP contribution in [0, 0.1) is 12.7 Å². The zero-order valence-corrected chi connectivity index (χ0v) is 17.9. The van der Waals surface area contributed by atoms with Crippen molar-refractivity contribution < 1.29 is 9.18 Å². The van der Waals surface area contributed by atoms with Gasteiger partial charge in [0, 0.05) is 25.2 Å². The van der Waals surface area contributed by atoms with E-state index in [4.69, 9.17) is 0 Å². The number of guanidine groups is 1. The van der Waals surface area contributed by atoms with Gasteiger partial charge in [-0.3, -0.25) is 4.79 Å². The molecule has 0 aliphatic heterocycles. The first-order valence-corrected chi connectivity index (χ1v) is 8.70. The van der Waals surface area contributed by atoms with Crippen LogP contribution in [-0.4, -0.2) is 31.5 Å². The first-order chi connectivity index (χ1) is 12.6. The minimum atomic E-state index is -0.377. The molecule has 1 amide bonds. The van der Waals surface area contributed by atoms with Gasteiger partial charge in [-0.2, -0.15) is 0 Å². The normalized spacial score (nSPS) is 10.7. The Bertz CT molecular complexity index is 753. The van der Waals surface area contributed by atoms with Gasteiger partial charge in [-0.05, 0) is 37.1 Å². The molecule has 0 aliphatic carbocycles. The van der Waals surface area contributed by atoms with Gasteiger partial charge in [-0.1, -0.05) is 36.4 Å². The van der Waals surface area contributed by atoms with Crippen molar-refractivity contribution in [3.05, 3.63) is 71.0 Å². The fraction of sp³-hybridized carbons (Fsp3) is 0.300. The Kier molecular flexibility index (Phi) is 10.4. The van der Waals surface area contributed by atoms with Crippen molar-refractivity contribution in [2.75, 3.05) is 19.6 Å². The molecule has 27 heavy (non-hydrogen) atoms.